The van der Waals surface area contributed by atoms with Crippen LogP contribution in [0.3, 0.4) is 0 Å². The number of hydrogen-bond donors (Lipinski definition) is 1. The summed E-state index contributed by atoms with van der Waals surface area (Å²) in [5, 5.41) is 14.0. The number of carbonyl (C=O) groups is 2. The van der Waals surface area contributed by atoms with Gasteiger partial charge in [0, 0.05) is 18.8 Å². The Balaban J connectivity index is 2.45. The van der Waals surface area contributed by atoms with Crippen LogP contribution in [0.2, 0.25) is 0 Å². The van der Waals surface area contributed by atoms with Crippen molar-refractivity contribution in [2.24, 2.45) is 0 Å². The SMILES string of the molecule is CCC(C)n1ncc2c(C(=O)N(CC)CCC(=O)O)cc(C)nc21. The lowest BCUT2D eigenvalue weighted by molar-refractivity contribution is -0.137. The summed E-state index contributed by atoms with van der Waals surface area (Å²) < 4.78 is 1.84. The van der Waals surface area contributed by atoms with E-state index < -0.39 is 5.97 Å². The third-order valence-electron chi connectivity index (χ3n) is 4.20. The first-order valence-corrected chi connectivity index (χ1v) is 8.24. The van der Waals surface area contributed by atoms with Crippen molar-refractivity contribution in [1.29, 1.82) is 0 Å². The van der Waals surface area contributed by atoms with Crippen LogP contribution in [-0.2, 0) is 4.79 Å². The van der Waals surface area contributed by atoms with Gasteiger partial charge in [-0.1, -0.05) is 6.92 Å². The first-order valence-electron chi connectivity index (χ1n) is 8.24. The quantitative estimate of drug-likeness (QED) is 0.842. The van der Waals surface area contributed by atoms with Crippen LogP contribution in [0.4, 0.5) is 0 Å². The number of nitrogens with zero attached hydrogens (tertiary/aromatic N) is 4. The number of hydrogen-bond acceptors (Lipinski definition) is 4. The Labute approximate surface area is 141 Å². The molecule has 0 spiro atoms. The summed E-state index contributed by atoms with van der Waals surface area (Å²) >= 11 is 0. The van der Waals surface area contributed by atoms with E-state index in [0.717, 1.165) is 12.1 Å². The van der Waals surface area contributed by atoms with Crippen LogP contribution < -0.4 is 0 Å². The van der Waals surface area contributed by atoms with Gasteiger partial charge in [-0.3, -0.25) is 9.59 Å². The highest BCUT2D eigenvalue weighted by Crippen LogP contribution is 2.23. The number of aryl methyl sites for hydroxylation is 1. The normalized spacial score (nSPS) is 12.3. The molecule has 0 saturated carbocycles. The monoisotopic (exact) mass is 332 g/mol. The van der Waals surface area contributed by atoms with Crippen LogP contribution in [0.25, 0.3) is 11.0 Å². The van der Waals surface area contributed by atoms with Gasteiger partial charge in [0.1, 0.15) is 0 Å². The average Bonchev–Trinajstić information content (AvgIpc) is 2.97. The lowest BCUT2D eigenvalue weighted by Crippen LogP contribution is -2.33. The number of aliphatic carboxylic acids is 1. The molecule has 0 bridgehead atoms. The fourth-order valence-electron chi connectivity index (χ4n) is 2.62. The highest BCUT2D eigenvalue weighted by molar-refractivity contribution is 6.05. The second-order valence-electron chi connectivity index (χ2n) is 5.92. The summed E-state index contributed by atoms with van der Waals surface area (Å²) in [7, 11) is 0. The van der Waals surface area contributed by atoms with Gasteiger partial charge >= 0.3 is 5.97 Å². The van der Waals surface area contributed by atoms with Crippen molar-refractivity contribution in [2.75, 3.05) is 13.1 Å². The number of carboxylic acid groups (broad SMARTS) is 1. The van der Waals surface area contributed by atoms with Crippen molar-refractivity contribution in [1.82, 2.24) is 19.7 Å². The molecule has 2 aromatic heterocycles. The van der Waals surface area contributed by atoms with E-state index in [1.807, 2.05) is 18.5 Å². The number of carbonyl (C=O) groups excluding carboxylic acids is 1. The van der Waals surface area contributed by atoms with Gasteiger partial charge in [0.25, 0.3) is 5.91 Å². The fourth-order valence-corrected chi connectivity index (χ4v) is 2.62. The zero-order valence-electron chi connectivity index (χ0n) is 14.6. The second kappa shape index (κ2) is 7.42. The number of carboxylic acids is 1. The zero-order valence-corrected chi connectivity index (χ0v) is 14.6. The van der Waals surface area contributed by atoms with Crippen molar-refractivity contribution < 1.29 is 14.7 Å². The molecule has 0 aliphatic carbocycles. The molecule has 1 N–H and O–H groups in total. The molecule has 0 aliphatic rings. The summed E-state index contributed by atoms with van der Waals surface area (Å²) in [4.78, 5) is 29.8. The Bertz CT molecular complexity index is 754. The van der Waals surface area contributed by atoms with Crippen LogP contribution in [0.5, 0.6) is 0 Å². The Morgan fingerprint density at radius 3 is 2.67 bits per heavy atom. The van der Waals surface area contributed by atoms with E-state index in [1.165, 1.54) is 0 Å². The molecule has 1 amide bonds. The molecule has 0 saturated heterocycles. The van der Waals surface area contributed by atoms with Gasteiger partial charge < -0.3 is 10.0 Å². The van der Waals surface area contributed by atoms with Crippen LogP contribution in [0, 0.1) is 6.92 Å². The van der Waals surface area contributed by atoms with Gasteiger partial charge in [0.2, 0.25) is 0 Å². The average molecular weight is 332 g/mol. The first-order chi connectivity index (χ1) is 11.4. The topological polar surface area (TPSA) is 88.3 Å². The highest BCUT2D eigenvalue weighted by Gasteiger charge is 2.21. The molecule has 2 heterocycles. The van der Waals surface area contributed by atoms with Gasteiger partial charge in [-0.25, -0.2) is 9.67 Å². The smallest absolute Gasteiger partial charge is 0.305 e. The number of fused-ring (bicyclic) bond motifs is 1. The van der Waals surface area contributed by atoms with Crippen LogP contribution in [0.1, 0.15) is 55.7 Å². The summed E-state index contributed by atoms with van der Waals surface area (Å²) in [6.45, 7) is 8.46. The van der Waals surface area contributed by atoms with Crippen molar-refractivity contribution >= 4 is 22.9 Å². The number of rotatable bonds is 7. The standard InChI is InChI=1S/C17H24N4O3/c1-5-12(4)21-16-14(10-18-21)13(9-11(3)19-16)17(24)20(6-2)8-7-15(22)23/h9-10,12H,5-8H2,1-4H3,(H,22,23). The molecule has 0 aromatic carbocycles. The molecule has 130 valence electrons. The molecule has 2 aromatic rings. The van der Waals surface area contributed by atoms with E-state index in [4.69, 9.17) is 5.11 Å². The third-order valence-corrected chi connectivity index (χ3v) is 4.20. The summed E-state index contributed by atoms with van der Waals surface area (Å²) in [5.74, 6) is -1.10. The van der Waals surface area contributed by atoms with Gasteiger partial charge in [-0.05, 0) is 33.3 Å². The molecule has 0 fully saturated rings. The van der Waals surface area contributed by atoms with Crippen LogP contribution in [-0.4, -0.2) is 49.7 Å². The summed E-state index contributed by atoms with van der Waals surface area (Å²) in [6.07, 6.45) is 2.51. The van der Waals surface area contributed by atoms with Gasteiger partial charge in [-0.2, -0.15) is 5.10 Å². The second-order valence-corrected chi connectivity index (χ2v) is 5.92. The minimum absolute atomic E-state index is 0.0705. The molecule has 2 rings (SSSR count). The Morgan fingerprint density at radius 2 is 2.08 bits per heavy atom. The molecule has 0 radical (unpaired) electrons. The van der Waals surface area contributed by atoms with Crippen LogP contribution >= 0.6 is 0 Å². The Morgan fingerprint density at radius 1 is 1.38 bits per heavy atom. The number of aromatic nitrogens is 3. The molecule has 0 aliphatic heterocycles. The molecule has 1 atom stereocenters. The largest absolute Gasteiger partial charge is 0.481 e. The predicted molar refractivity (Wildman–Crippen MR) is 91.1 cm³/mol. The fraction of sp³-hybridized carbons (Fsp3) is 0.529. The lowest BCUT2D eigenvalue weighted by Gasteiger charge is -2.20. The van der Waals surface area contributed by atoms with E-state index in [-0.39, 0.29) is 24.9 Å². The van der Waals surface area contributed by atoms with Crippen molar-refractivity contribution in [3.63, 3.8) is 0 Å². The van der Waals surface area contributed by atoms with Gasteiger partial charge in [0.15, 0.2) is 5.65 Å². The first kappa shape index (κ1) is 17.9. The van der Waals surface area contributed by atoms with Crippen molar-refractivity contribution in [3.8, 4) is 0 Å². The maximum Gasteiger partial charge on any atom is 0.305 e. The molecule has 24 heavy (non-hydrogen) atoms. The maximum atomic E-state index is 12.9. The minimum Gasteiger partial charge on any atom is -0.481 e. The van der Waals surface area contributed by atoms with E-state index in [0.29, 0.717) is 23.1 Å². The van der Waals surface area contributed by atoms with Gasteiger partial charge in [-0.15, -0.1) is 0 Å². The molecule has 7 nitrogen and oxygen atoms in total. The van der Waals surface area contributed by atoms with E-state index in [2.05, 4.69) is 23.9 Å². The van der Waals surface area contributed by atoms with E-state index in [1.54, 1.807) is 17.2 Å². The summed E-state index contributed by atoms with van der Waals surface area (Å²) in [5.41, 5.74) is 1.96. The van der Waals surface area contributed by atoms with E-state index >= 15 is 0 Å². The molecule has 7 heteroatoms. The Hall–Kier alpha value is -2.44. The lowest BCUT2D eigenvalue weighted by atomic mass is 10.1. The third kappa shape index (κ3) is 3.55. The molecular weight excluding hydrogens is 308 g/mol. The Kier molecular flexibility index (Phi) is 5.54. The number of pyridine rings is 1. The van der Waals surface area contributed by atoms with Crippen molar-refractivity contribution in [2.45, 2.75) is 46.6 Å². The molecule has 1 unspecified atom stereocenters. The molecular formula is C17H24N4O3. The van der Waals surface area contributed by atoms with E-state index in [9.17, 15) is 9.59 Å². The summed E-state index contributed by atoms with van der Waals surface area (Å²) in [6, 6.07) is 1.94. The zero-order chi connectivity index (χ0) is 17.9. The van der Waals surface area contributed by atoms with Crippen molar-refractivity contribution in [3.05, 3.63) is 23.5 Å². The highest BCUT2D eigenvalue weighted by atomic mass is 16.4. The maximum absolute atomic E-state index is 12.9. The number of amides is 1. The minimum atomic E-state index is -0.915. The predicted octanol–water partition coefficient (Wildman–Crippen LogP) is 2.65. The van der Waals surface area contributed by atoms with Gasteiger partial charge in [0.05, 0.1) is 29.6 Å². The van der Waals surface area contributed by atoms with Crippen LogP contribution in [0.15, 0.2) is 12.3 Å².